The van der Waals surface area contributed by atoms with Crippen LogP contribution in [0.25, 0.3) is 0 Å². The molecule has 1 saturated carbocycles. The summed E-state index contributed by atoms with van der Waals surface area (Å²) in [4.78, 5) is 17.3. The predicted molar refractivity (Wildman–Crippen MR) is 135 cm³/mol. The highest BCUT2D eigenvalue weighted by Crippen LogP contribution is 2.42. The predicted octanol–water partition coefficient (Wildman–Crippen LogP) is 3.45. The summed E-state index contributed by atoms with van der Waals surface area (Å²) in [6, 6.07) is 2.13. The van der Waals surface area contributed by atoms with E-state index in [0.29, 0.717) is 40.7 Å². The van der Waals surface area contributed by atoms with Crippen molar-refractivity contribution in [3.8, 4) is 0 Å². The standard InChI is InChI=1S/C21H27FN10.2ClH/c1-12-11-32(7-6-23-12)16-9-24-21(29-20(16)27-18-10-25-31(3)30-18)28-17-8-15(14-4-5-14)19(22)13(2)26-17;;/h8-10,12,14,23H,4-7,11H2,1-3H3,(H2,24,26,27,28,29,30);2*1H/t12-;;/m1../s1. The maximum atomic E-state index is 14.5. The molecule has 3 aromatic heterocycles. The number of hydrogen-bond acceptors (Lipinski definition) is 9. The number of nitrogens with one attached hydrogen (secondary N) is 3. The van der Waals surface area contributed by atoms with Gasteiger partial charge in [-0.2, -0.15) is 14.9 Å². The number of hydrogen-bond donors (Lipinski definition) is 3. The van der Waals surface area contributed by atoms with Gasteiger partial charge in [0.2, 0.25) is 5.95 Å². The Kier molecular flexibility index (Phi) is 8.11. The van der Waals surface area contributed by atoms with Gasteiger partial charge in [-0.1, -0.05) is 0 Å². The van der Waals surface area contributed by atoms with Crippen molar-refractivity contribution in [3.05, 3.63) is 35.5 Å². The van der Waals surface area contributed by atoms with Crippen molar-refractivity contribution in [1.29, 1.82) is 0 Å². The van der Waals surface area contributed by atoms with Gasteiger partial charge in [0, 0.05) is 32.7 Å². The van der Waals surface area contributed by atoms with E-state index in [0.717, 1.165) is 38.2 Å². The number of pyridine rings is 1. The first-order valence-electron chi connectivity index (χ1n) is 10.9. The van der Waals surface area contributed by atoms with Crippen molar-refractivity contribution in [3.63, 3.8) is 0 Å². The minimum Gasteiger partial charge on any atom is -0.364 e. The van der Waals surface area contributed by atoms with Gasteiger partial charge >= 0.3 is 0 Å². The van der Waals surface area contributed by atoms with Crippen LogP contribution >= 0.6 is 24.8 Å². The second-order valence-electron chi connectivity index (χ2n) is 8.47. The van der Waals surface area contributed by atoms with E-state index in [9.17, 15) is 4.39 Å². The van der Waals surface area contributed by atoms with Gasteiger partial charge in [-0.3, -0.25) is 0 Å². The molecule has 1 atom stereocenters. The van der Waals surface area contributed by atoms with Crippen molar-refractivity contribution in [2.75, 3.05) is 35.2 Å². The summed E-state index contributed by atoms with van der Waals surface area (Å²) >= 11 is 0. The van der Waals surface area contributed by atoms with Gasteiger partial charge < -0.3 is 20.9 Å². The Morgan fingerprint density at radius 1 is 1.12 bits per heavy atom. The number of piperazine rings is 1. The minimum atomic E-state index is -0.216. The van der Waals surface area contributed by atoms with Crippen molar-refractivity contribution < 1.29 is 4.39 Å². The van der Waals surface area contributed by atoms with Crippen LogP contribution in [0.1, 0.15) is 36.9 Å². The van der Waals surface area contributed by atoms with Crippen LogP contribution < -0.4 is 20.9 Å². The van der Waals surface area contributed by atoms with Crippen molar-refractivity contribution >= 4 is 53.9 Å². The van der Waals surface area contributed by atoms with Crippen LogP contribution in [0.5, 0.6) is 0 Å². The maximum absolute atomic E-state index is 14.5. The SMILES string of the molecule is Cc1nc(Nc2ncc(N3CCN[C@H](C)C3)c(Nc3cnn(C)n3)n2)cc(C2CC2)c1F.Cl.Cl. The topological polar surface area (TPSA) is 109 Å². The number of aromatic nitrogens is 6. The third kappa shape index (κ3) is 5.65. The van der Waals surface area contributed by atoms with Crippen LogP contribution in [0, 0.1) is 12.7 Å². The summed E-state index contributed by atoms with van der Waals surface area (Å²) in [7, 11) is 1.76. The van der Waals surface area contributed by atoms with Crippen LogP contribution in [0.2, 0.25) is 0 Å². The van der Waals surface area contributed by atoms with Crippen LogP contribution in [0.4, 0.5) is 33.5 Å². The maximum Gasteiger partial charge on any atom is 0.230 e. The number of anilines is 5. The molecule has 1 aliphatic heterocycles. The molecule has 13 heteroatoms. The van der Waals surface area contributed by atoms with E-state index in [4.69, 9.17) is 4.98 Å². The summed E-state index contributed by atoms with van der Waals surface area (Å²) in [6.45, 7) is 6.41. The summed E-state index contributed by atoms with van der Waals surface area (Å²) in [6.07, 6.45) is 5.47. The minimum absolute atomic E-state index is 0. The van der Waals surface area contributed by atoms with Gasteiger partial charge in [-0.15, -0.1) is 29.9 Å². The summed E-state index contributed by atoms with van der Waals surface area (Å²) < 4.78 is 14.5. The molecule has 0 radical (unpaired) electrons. The number of halogens is 3. The van der Waals surface area contributed by atoms with Crippen molar-refractivity contribution in [1.82, 2.24) is 35.3 Å². The largest absolute Gasteiger partial charge is 0.364 e. The summed E-state index contributed by atoms with van der Waals surface area (Å²) in [5, 5.41) is 18.3. The number of nitrogens with zero attached hydrogens (tertiary/aromatic N) is 7. The third-order valence-electron chi connectivity index (χ3n) is 5.73. The molecule has 0 unspecified atom stereocenters. The van der Waals surface area contributed by atoms with Crippen LogP contribution in [-0.2, 0) is 7.05 Å². The Morgan fingerprint density at radius 2 is 1.91 bits per heavy atom. The lowest BCUT2D eigenvalue weighted by Crippen LogP contribution is -2.49. The van der Waals surface area contributed by atoms with E-state index in [1.165, 1.54) is 4.80 Å². The van der Waals surface area contributed by atoms with E-state index in [-0.39, 0.29) is 36.5 Å². The Labute approximate surface area is 210 Å². The lowest BCUT2D eigenvalue weighted by molar-refractivity contribution is 0.484. The molecule has 184 valence electrons. The molecule has 0 aromatic carbocycles. The zero-order valence-corrected chi connectivity index (χ0v) is 20.9. The highest BCUT2D eigenvalue weighted by atomic mass is 35.5. The Morgan fingerprint density at radius 3 is 2.59 bits per heavy atom. The Balaban J connectivity index is 0.00000162. The van der Waals surface area contributed by atoms with E-state index < -0.39 is 0 Å². The monoisotopic (exact) mass is 510 g/mol. The highest BCUT2D eigenvalue weighted by molar-refractivity contribution is 5.85. The molecule has 2 fully saturated rings. The Bertz CT molecular complexity index is 1140. The smallest absolute Gasteiger partial charge is 0.230 e. The molecule has 4 heterocycles. The van der Waals surface area contributed by atoms with Gasteiger partial charge in [-0.05, 0) is 44.2 Å². The van der Waals surface area contributed by atoms with E-state index >= 15 is 0 Å². The fraction of sp³-hybridized carbons (Fsp3) is 0.476. The molecule has 3 N–H and O–H groups in total. The first-order chi connectivity index (χ1) is 15.5. The molecule has 0 bridgehead atoms. The Hall–Kier alpha value is -2.76. The van der Waals surface area contributed by atoms with Crippen molar-refractivity contribution in [2.45, 2.75) is 38.6 Å². The molecule has 3 aromatic rings. The van der Waals surface area contributed by atoms with Crippen LogP contribution in [0.15, 0.2) is 18.5 Å². The second kappa shape index (κ2) is 10.7. The van der Waals surface area contributed by atoms with Gasteiger partial charge in [-0.25, -0.2) is 14.4 Å². The molecule has 10 nitrogen and oxygen atoms in total. The van der Waals surface area contributed by atoms with Crippen molar-refractivity contribution in [2.24, 2.45) is 7.05 Å². The van der Waals surface area contributed by atoms with Crippen LogP contribution in [0.3, 0.4) is 0 Å². The van der Waals surface area contributed by atoms with E-state index in [1.807, 2.05) is 0 Å². The molecule has 5 rings (SSSR count). The second-order valence-corrected chi connectivity index (χ2v) is 8.47. The van der Waals surface area contributed by atoms with Gasteiger partial charge in [0.1, 0.15) is 11.6 Å². The first kappa shape index (κ1) is 25.9. The quantitative estimate of drug-likeness (QED) is 0.459. The zero-order valence-electron chi connectivity index (χ0n) is 19.2. The van der Waals surface area contributed by atoms with Crippen LogP contribution in [-0.4, -0.2) is 55.6 Å². The molecule has 1 aliphatic carbocycles. The fourth-order valence-corrected chi connectivity index (χ4v) is 3.99. The normalized spacial score (nSPS) is 17.5. The molecule has 0 spiro atoms. The van der Waals surface area contributed by atoms with Gasteiger partial charge in [0.15, 0.2) is 11.6 Å². The molecule has 0 amide bonds. The molecule has 1 saturated heterocycles. The number of rotatable bonds is 6. The van der Waals surface area contributed by atoms with E-state index in [1.54, 1.807) is 32.4 Å². The summed E-state index contributed by atoms with van der Waals surface area (Å²) in [5.74, 6) is 2.20. The molecular formula is C21H29Cl2FN10. The number of aryl methyl sites for hydroxylation is 2. The molecular weight excluding hydrogens is 482 g/mol. The van der Waals surface area contributed by atoms with E-state index in [2.05, 4.69) is 47.9 Å². The summed E-state index contributed by atoms with van der Waals surface area (Å²) in [5.41, 5.74) is 1.97. The lowest BCUT2D eigenvalue weighted by atomic mass is 10.1. The lowest BCUT2D eigenvalue weighted by Gasteiger charge is -2.34. The van der Waals surface area contributed by atoms with Gasteiger partial charge in [0.25, 0.3) is 0 Å². The molecule has 34 heavy (non-hydrogen) atoms. The average molecular weight is 511 g/mol. The average Bonchev–Trinajstić information content (AvgIpc) is 3.52. The first-order valence-corrected chi connectivity index (χ1v) is 10.9. The third-order valence-corrected chi connectivity index (χ3v) is 5.73. The zero-order chi connectivity index (χ0) is 22.2. The fourth-order valence-electron chi connectivity index (χ4n) is 3.99. The molecule has 2 aliphatic rings. The van der Waals surface area contributed by atoms with Gasteiger partial charge in [0.05, 0.1) is 23.8 Å². The highest BCUT2D eigenvalue weighted by Gasteiger charge is 2.28.